The van der Waals surface area contributed by atoms with Gasteiger partial charge in [0.1, 0.15) is 11.6 Å². The number of phenols is 1. The van der Waals surface area contributed by atoms with Crippen molar-refractivity contribution in [3.63, 3.8) is 0 Å². The molecule has 0 radical (unpaired) electrons. The first-order chi connectivity index (χ1) is 9.20. The highest BCUT2D eigenvalue weighted by Crippen LogP contribution is 2.28. The van der Waals surface area contributed by atoms with Crippen LogP contribution in [0, 0.1) is 5.82 Å². The first kappa shape index (κ1) is 12.0. The second-order valence-corrected chi connectivity index (χ2v) is 4.99. The Morgan fingerprint density at radius 2 is 1.79 bits per heavy atom. The van der Waals surface area contributed by atoms with Crippen LogP contribution in [0.25, 0.3) is 6.08 Å². The van der Waals surface area contributed by atoms with E-state index in [9.17, 15) is 9.50 Å². The lowest BCUT2D eigenvalue weighted by Crippen LogP contribution is -2.01. The third-order valence-corrected chi connectivity index (χ3v) is 3.55. The second kappa shape index (κ2) is 4.88. The van der Waals surface area contributed by atoms with Gasteiger partial charge in [-0.1, -0.05) is 29.8 Å². The van der Waals surface area contributed by atoms with E-state index in [2.05, 4.69) is 6.08 Å². The fraction of sp³-hybridized carbons (Fsp3) is 0.176. The highest BCUT2D eigenvalue weighted by Gasteiger charge is 2.11. The molecule has 0 amide bonds. The summed E-state index contributed by atoms with van der Waals surface area (Å²) in [6.45, 7) is 0. The van der Waals surface area contributed by atoms with E-state index in [4.69, 9.17) is 0 Å². The molecule has 0 aromatic heterocycles. The van der Waals surface area contributed by atoms with Gasteiger partial charge in [0.05, 0.1) is 0 Å². The molecule has 0 spiro atoms. The van der Waals surface area contributed by atoms with Gasteiger partial charge in [-0.2, -0.15) is 0 Å². The van der Waals surface area contributed by atoms with Crippen LogP contribution in [0.15, 0.2) is 48.0 Å². The minimum absolute atomic E-state index is 0.192. The average Bonchev–Trinajstić information content (AvgIpc) is 2.42. The summed E-state index contributed by atoms with van der Waals surface area (Å²) in [6, 6.07) is 12.2. The van der Waals surface area contributed by atoms with Crippen molar-refractivity contribution in [1.82, 2.24) is 0 Å². The van der Waals surface area contributed by atoms with Crippen molar-refractivity contribution in [2.75, 3.05) is 0 Å². The Morgan fingerprint density at radius 1 is 1.00 bits per heavy atom. The van der Waals surface area contributed by atoms with Crippen LogP contribution in [-0.4, -0.2) is 5.11 Å². The van der Waals surface area contributed by atoms with Gasteiger partial charge in [-0.05, 0) is 60.2 Å². The summed E-state index contributed by atoms with van der Waals surface area (Å²) in [7, 11) is 0. The molecule has 2 aromatic carbocycles. The Bertz CT molecular complexity index is 626. The molecule has 1 nitrogen and oxygen atoms in total. The molecule has 0 saturated heterocycles. The van der Waals surface area contributed by atoms with Crippen molar-refractivity contribution >= 4 is 6.08 Å². The summed E-state index contributed by atoms with van der Waals surface area (Å²) in [5.74, 6) is 0.135. The number of rotatable bonds is 2. The van der Waals surface area contributed by atoms with Crippen LogP contribution in [0.3, 0.4) is 0 Å². The van der Waals surface area contributed by atoms with Crippen LogP contribution in [0.2, 0.25) is 0 Å². The largest absolute Gasteiger partial charge is 0.508 e. The monoisotopic (exact) mass is 254 g/mol. The van der Waals surface area contributed by atoms with E-state index in [1.165, 1.54) is 28.8 Å². The van der Waals surface area contributed by atoms with Gasteiger partial charge in [-0.25, -0.2) is 4.39 Å². The van der Waals surface area contributed by atoms with Gasteiger partial charge in [0.25, 0.3) is 0 Å². The summed E-state index contributed by atoms with van der Waals surface area (Å²) in [5.41, 5.74) is 4.86. The minimum Gasteiger partial charge on any atom is -0.508 e. The van der Waals surface area contributed by atoms with E-state index in [1.807, 2.05) is 24.3 Å². The SMILES string of the molecule is Oc1ccc2c(c1)CCC(Cc1ccc(F)cc1)=C2. The maximum Gasteiger partial charge on any atom is 0.123 e. The van der Waals surface area contributed by atoms with Crippen LogP contribution in [0.1, 0.15) is 23.1 Å². The molecule has 0 unspecified atom stereocenters. The number of hydrogen-bond acceptors (Lipinski definition) is 1. The molecule has 3 rings (SSSR count). The van der Waals surface area contributed by atoms with E-state index in [0.717, 1.165) is 24.8 Å². The van der Waals surface area contributed by atoms with E-state index >= 15 is 0 Å². The smallest absolute Gasteiger partial charge is 0.123 e. The zero-order valence-corrected chi connectivity index (χ0v) is 10.6. The van der Waals surface area contributed by atoms with E-state index in [1.54, 1.807) is 6.07 Å². The maximum atomic E-state index is 12.9. The summed E-state index contributed by atoms with van der Waals surface area (Å²) < 4.78 is 12.9. The predicted octanol–water partition coefficient (Wildman–Crippen LogP) is 4.10. The molecular formula is C17H15FO. The van der Waals surface area contributed by atoms with Gasteiger partial charge in [0.2, 0.25) is 0 Å². The molecule has 1 N–H and O–H groups in total. The van der Waals surface area contributed by atoms with E-state index in [-0.39, 0.29) is 5.82 Å². The van der Waals surface area contributed by atoms with Gasteiger partial charge in [-0.15, -0.1) is 0 Å². The standard InChI is InChI=1S/C17H15FO/c18-16-6-2-12(3-7-16)9-13-1-4-15-11-17(19)8-5-14(15)10-13/h2-3,5-8,10-11,19H,1,4,9H2. The Balaban J connectivity index is 1.83. The number of phenolic OH excluding ortho intramolecular Hbond substituents is 1. The Labute approximate surface area is 112 Å². The first-order valence-electron chi connectivity index (χ1n) is 6.46. The van der Waals surface area contributed by atoms with Crippen LogP contribution in [0.4, 0.5) is 4.39 Å². The highest BCUT2D eigenvalue weighted by molar-refractivity contribution is 5.61. The lowest BCUT2D eigenvalue weighted by molar-refractivity contribution is 0.474. The molecule has 2 aromatic rings. The van der Waals surface area contributed by atoms with Crippen molar-refractivity contribution < 1.29 is 9.50 Å². The summed E-state index contributed by atoms with van der Waals surface area (Å²) in [4.78, 5) is 0. The number of aromatic hydroxyl groups is 1. The molecule has 96 valence electrons. The van der Waals surface area contributed by atoms with Crippen LogP contribution >= 0.6 is 0 Å². The Morgan fingerprint density at radius 3 is 2.58 bits per heavy atom. The lowest BCUT2D eigenvalue weighted by Gasteiger charge is -2.16. The number of allylic oxidation sites excluding steroid dienone is 1. The summed E-state index contributed by atoms with van der Waals surface area (Å²) >= 11 is 0. The molecule has 0 fully saturated rings. The van der Waals surface area contributed by atoms with Gasteiger partial charge < -0.3 is 5.11 Å². The Kier molecular flexibility index (Phi) is 3.08. The molecule has 2 heteroatoms. The van der Waals surface area contributed by atoms with Gasteiger partial charge in [0.15, 0.2) is 0 Å². The van der Waals surface area contributed by atoms with Gasteiger partial charge in [-0.3, -0.25) is 0 Å². The quantitative estimate of drug-likeness (QED) is 0.855. The highest BCUT2D eigenvalue weighted by atomic mass is 19.1. The fourth-order valence-electron chi connectivity index (χ4n) is 2.54. The normalized spacial score (nSPS) is 13.8. The van der Waals surface area contributed by atoms with Crippen molar-refractivity contribution in [1.29, 1.82) is 0 Å². The van der Waals surface area contributed by atoms with Crippen molar-refractivity contribution in [2.45, 2.75) is 19.3 Å². The zero-order chi connectivity index (χ0) is 13.2. The zero-order valence-electron chi connectivity index (χ0n) is 10.6. The maximum absolute atomic E-state index is 12.9. The molecule has 0 heterocycles. The topological polar surface area (TPSA) is 20.2 Å². The lowest BCUT2D eigenvalue weighted by atomic mass is 9.89. The summed E-state index contributed by atoms with van der Waals surface area (Å²) in [5, 5.41) is 9.46. The molecule has 0 saturated carbocycles. The number of benzene rings is 2. The number of aryl methyl sites for hydroxylation is 1. The third kappa shape index (κ3) is 2.68. The molecule has 0 atom stereocenters. The van der Waals surface area contributed by atoms with Crippen LogP contribution in [-0.2, 0) is 12.8 Å². The second-order valence-electron chi connectivity index (χ2n) is 4.99. The molecule has 0 aliphatic heterocycles. The first-order valence-corrected chi connectivity index (χ1v) is 6.46. The van der Waals surface area contributed by atoms with Crippen molar-refractivity contribution in [3.8, 4) is 5.75 Å². The van der Waals surface area contributed by atoms with Crippen molar-refractivity contribution in [2.24, 2.45) is 0 Å². The molecular weight excluding hydrogens is 239 g/mol. The van der Waals surface area contributed by atoms with Gasteiger partial charge in [0, 0.05) is 0 Å². The molecule has 0 bridgehead atoms. The minimum atomic E-state index is -0.192. The van der Waals surface area contributed by atoms with Crippen molar-refractivity contribution in [3.05, 3.63) is 70.5 Å². The number of fused-ring (bicyclic) bond motifs is 1. The molecule has 1 aliphatic rings. The average molecular weight is 254 g/mol. The van der Waals surface area contributed by atoms with E-state index < -0.39 is 0 Å². The third-order valence-electron chi connectivity index (χ3n) is 3.55. The number of halogens is 1. The Hall–Kier alpha value is -2.09. The van der Waals surface area contributed by atoms with Crippen LogP contribution < -0.4 is 0 Å². The summed E-state index contributed by atoms with van der Waals surface area (Å²) in [6.07, 6.45) is 4.99. The molecule has 1 aliphatic carbocycles. The van der Waals surface area contributed by atoms with Gasteiger partial charge >= 0.3 is 0 Å². The number of hydrogen-bond donors (Lipinski definition) is 1. The van der Waals surface area contributed by atoms with Crippen LogP contribution in [0.5, 0.6) is 5.75 Å². The fourth-order valence-corrected chi connectivity index (χ4v) is 2.54. The predicted molar refractivity (Wildman–Crippen MR) is 74.5 cm³/mol. The molecule has 19 heavy (non-hydrogen) atoms. The van der Waals surface area contributed by atoms with E-state index in [0.29, 0.717) is 5.75 Å².